The normalized spacial score (nSPS) is 11.6. The van der Waals surface area contributed by atoms with Crippen LogP contribution in [-0.4, -0.2) is 23.0 Å². The molecule has 1 atom stereocenters. The first-order valence-electron chi connectivity index (χ1n) is 5.79. The minimum Gasteiger partial charge on any atom is -0.481 e. The highest BCUT2D eigenvalue weighted by atomic mass is 16.4. The molecule has 7 heteroatoms. The van der Waals surface area contributed by atoms with Crippen molar-refractivity contribution in [1.29, 1.82) is 0 Å². The van der Waals surface area contributed by atoms with E-state index in [1.165, 1.54) is 6.26 Å². The SMILES string of the molecule is CC(CC(=O)O)CC(=O)NC(=O)NCc1ccco1. The Bertz CT molecular complexity index is 441. The summed E-state index contributed by atoms with van der Waals surface area (Å²) >= 11 is 0. The van der Waals surface area contributed by atoms with Crippen molar-refractivity contribution in [1.82, 2.24) is 10.6 Å². The molecule has 0 saturated heterocycles. The average Bonchev–Trinajstić information content (AvgIpc) is 2.77. The highest BCUT2D eigenvalue weighted by Crippen LogP contribution is 2.06. The Balaban J connectivity index is 2.24. The maximum atomic E-state index is 11.4. The summed E-state index contributed by atoms with van der Waals surface area (Å²) in [6.45, 7) is 1.81. The zero-order chi connectivity index (χ0) is 14.3. The number of carbonyl (C=O) groups is 3. The monoisotopic (exact) mass is 268 g/mol. The highest BCUT2D eigenvalue weighted by Gasteiger charge is 2.14. The third-order valence-corrected chi connectivity index (χ3v) is 2.31. The Morgan fingerprint density at radius 2 is 2.11 bits per heavy atom. The van der Waals surface area contributed by atoms with Crippen molar-refractivity contribution in [3.05, 3.63) is 24.2 Å². The topological polar surface area (TPSA) is 109 Å². The van der Waals surface area contributed by atoms with Gasteiger partial charge in [-0.1, -0.05) is 6.92 Å². The fraction of sp³-hybridized carbons (Fsp3) is 0.417. The molecular weight excluding hydrogens is 252 g/mol. The van der Waals surface area contributed by atoms with Crippen molar-refractivity contribution in [2.75, 3.05) is 0 Å². The largest absolute Gasteiger partial charge is 0.481 e. The Morgan fingerprint density at radius 1 is 1.37 bits per heavy atom. The van der Waals surface area contributed by atoms with Crippen molar-refractivity contribution in [2.24, 2.45) is 5.92 Å². The minimum atomic E-state index is -0.970. The molecule has 1 aromatic heterocycles. The van der Waals surface area contributed by atoms with Crippen molar-refractivity contribution >= 4 is 17.9 Å². The van der Waals surface area contributed by atoms with E-state index < -0.39 is 17.9 Å². The van der Waals surface area contributed by atoms with Crippen LogP contribution in [-0.2, 0) is 16.1 Å². The lowest BCUT2D eigenvalue weighted by Crippen LogP contribution is -2.39. The number of urea groups is 1. The van der Waals surface area contributed by atoms with Crippen molar-refractivity contribution < 1.29 is 23.9 Å². The molecule has 3 N–H and O–H groups in total. The molecule has 19 heavy (non-hydrogen) atoms. The van der Waals surface area contributed by atoms with Gasteiger partial charge in [0.1, 0.15) is 5.76 Å². The van der Waals surface area contributed by atoms with Crippen LogP contribution in [0.2, 0.25) is 0 Å². The van der Waals surface area contributed by atoms with E-state index in [1.807, 2.05) is 0 Å². The molecule has 3 amide bonds. The van der Waals surface area contributed by atoms with Gasteiger partial charge >= 0.3 is 12.0 Å². The molecule has 0 aromatic carbocycles. The molecule has 0 aliphatic carbocycles. The van der Waals surface area contributed by atoms with Gasteiger partial charge in [0, 0.05) is 12.8 Å². The summed E-state index contributed by atoms with van der Waals surface area (Å²) in [7, 11) is 0. The van der Waals surface area contributed by atoms with E-state index in [0.29, 0.717) is 5.76 Å². The second kappa shape index (κ2) is 7.20. The van der Waals surface area contributed by atoms with Gasteiger partial charge in [0.05, 0.1) is 12.8 Å². The van der Waals surface area contributed by atoms with E-state index >= 15 is 0 Å². The second-order valence-corrected chi connectivity index (χ2v) is 4.22. The Labute approximate surface area is 110 Å². The highest BCUT2D eigenvalue weighted by molar-refractivity contribution is 5.94. The molecule has 1 unspecified atom stereocenters. The molecule has 0 saturated carbocycles. The quantitative estimate of drug-likeness (QED) is 0.716. The number of hydrogen-bond donors (Lipinski definition) is 3. The summed E-state index contributed by atoms with van der Waals surface area (Å²) in [6, 6.07) is 2.74. The number of hydrogen-bond acceptors (Lipinski definition) is 4. The lowest BCUT2D eigenvalue weighted by molar-refractivity contribution is -0.138. The number of nitrogens with one attached hydrogen (secondary N) is 2. The van der Waals surface area contributed by atoms with Gasteiger partial charge in [-0.2, -0.15) is 0 Å². The van der Waals surface area contributed by atoms with Gasteiger partial charge < -0.3 is 14.8 Å². The summed E-state index contributed by atoms with van der Waals surface area (Å²) in [4.78, 5) is 33.2. The zero-order valence-electron chi connectivity index (χ0n) is 10.5. The van der Waals surface area contributed by atoms with Crippen molar-refractivity contribution in [2.45, 2.75) is 26.3 Å². The predicted molar refractivity (Wildman–Crippen MR) is 65.1 cm³/mol. The van der Waals surface area contributed by atoms with E-state index in [-0.39, 0.29) is 25.3 Å². The number of furan rings is 1. The number of carbonyl (C=O) groups excluding carboxylic acids is 2. The lowest BCUT2D eigenvalue weighted by Gasteiger charge is -2.09. The second-order valence-electron chi connectivity index (χ2n) is 4.22. The first-order chi connectivity index (χ1) is 8.97. The maximum absolute atomic E-state index is 11.4. The molecule has 0 spiro atoms. The summed E-state index contributed by atoms with van der Waals surface area (Å²) in [5, 5.41) is 13.1. The predicted octanol–water partition coefficient (Wildman–Crippen LogP) is 1.11. The van der Waals surface area contributed by atoms with Gasteiger partial charge in [-0.05, 0) is 18.1 Å². The van der Waals surface area contributed by atoms with Crippen molar-refractivity contribution in [3.63, 3.8) is 0 Å². The number of imide groups is 1. The molecule has 104 valence electrons. The summed E-state index contributed by atoms with van der Waals surface area (Å²) in [6.07, 6.45) is 1.36. The van der Waals surface area contributed by atoms with Crippen LogP contribution in [0.15, 0.2) is 22.8 Å². The van der Waals surface area contributed by atoms with Gasteiger partial charge in [0.2, 0.25) is 5.91 Å². The average molecular weight is 268 g/mol. The van der Waals surface area contributed by atoms with E-state index in [0.717, 1.165) is 0 Å². The minimum absolute atomic E-state index is 0.0134. The third-order valence-electron chi connectivity index (χ3n) is 2.31. The molecule has 7 nitrogen and oxygen atoms in total. The first kappa shape index (κ1) is 14.7. The van der Waals surface area contributed by atoms with E-state index in [9.17, 15) is 14.4 Å². The van der Waals surface area contributed by atoms with Crippen LogP contribution in [0, 0.1) is 5.92 Å². The van der Waals surface area contributed by atoms with Gasteiger partial charge in [-0.15, -0.1) is 0 Å². The standard InChI is InChI=1S/C12H16N2O5/c1-8(6-11(16)17)5-10(15)14-12(18)13-7-9-3-2-4-19-9/h2-4,8H,5-7H2,1H3,(H,16,17)(H2,13,14,15,18). The van der Waals surface area contributed by atoms with Crippen LogP contribution in [0.4, 0.5) is 4.79 Å². The van der Waals surface area contributed by atoms with Gasteiger partial charge in [0.25, 0.3) is 0 Å². The van der Waals surface area contributed by atoms with Gasteiger partial charge in [-0.25, -0.2) is 4.79 Å². The summed E-state index contributed by atoms with van der Waals surface area (Å²) < 4.78 is 5.00. The molecule has 0 radical (unpaired) electrons. The Hall–Kier alpha value is -2.31. The van der Waals surface area contributed by atoms with Gasteiger partial charge in [-0.3, -0.25) is 14.9 Å². The van der Waals surface area contributed by atoms with Crippen LogP contribution < -0.4 is 10.6 Å². The molecule has 1 heterocycles. The van der Waals surface area contributed by atoms with Gasteiger partial charge in [0.15, 0.2) is 0 Å². The molecule has 1 aromatic rings. The molecular formula is C12H16N2O5. The summed E-state index contributed by atoms with van der Waals surface area (Å²) in [5.74, 6) is -1.23. The molecule has 1 rings (SSSR count). The van der Waals surface area contributed by atoms with E-state index in [1.54, 1.807) is 19.1 Å². The molecule has 0 fully saturated rings. The number of carboxylic acid groups (broad SMARTS) is 1. The third kappa shape index (κ3) is 6.25. The van der Waals surface area contributed by atoms with Crippen LogP contribution in [0.1, 0.15) is 25.5 Å². The summed E-state index contributed by atoms with van der Waals surface area (Å²) in [5.41, 5.74) is 0. The van der Waals surface area contributed by atoms with Crippen molar-refractivity contribution in [3.8, 4) is 0 Å². The van der Waals surface area contributed by atoms with Crippen LogP contribution in [0.5, 0.6) is 0 Å². The lowest BCUT2D eigenvalue weighted by atomic mass is 10.0. The molecule has 0 aliphatic rings. The number of amides is 3. The van der Waals surface area contributed by atoms with E-state index in [4.69, 9.17) is 9.52 Å². The fourth-order valence-corrected chi connectivity index (χ4v) is 1.49. The Kier molecular flexibility index (Phi) is 5.59. The van der Waals surface area contributed by atoms with Crippen LogP contribution in [0.25, 0.3) is 0 Å². The number of carboxylic acids is 1. The number of aliphatic carboxylic acids is 1. The molecule has 0 aliphatic heterocycles. The van der Waals surface area contributed by atoms with Crippen LogP contribution >= 0.6 is 0 Å². The Morgan fingerprint density at radius 3 is 2.68 bits per heavy atom. The van der Waals surface area contributed by atoms with Crippen LogP contribution in [0.3, 0.4) is 0 Å². The first-order valence-corrected chi connectivity index (χ1v) is 5.79. The zero-order valence-corrected chi connectivity index (χ0v) is 10.5. The van der Waals surface area contributed by atoms with E-state index in [2.05, 4.69) is 10.6 Å². The number of rotatable bonds is 6. The smallest absolute Gasteiger partial charge is 0.321 e. The maximum Gasteiger partial charge on any atom is 0.321 e. The molecule has 0 bridgehead atoms. The fourth-order valence-electron chi connectivity index (χ4n) is 1.49.